The van der Waals surface area contributed by atoms with E-state index in [2.05, 4.69) is 24.0 Å². The standard InChI is InChI=1S/C16H23ClN2/c1-11(18)7-12-5-6-15(17)8-16(12)19-9-13-3-2-4-14(13)10-19/h5-6,8,11,13-14H,2-4,7,9-10,18H2,1H3. The van der Waals surface area contributed by atoms with Crippen LogP contribution >= 0.6 is 11.6 Å². The van der Waals surface area contributed by atoms with Gasteiger partial charge in [0, 0.05) is 29.8 Å². The summed E-state index contributed by atoms with van der Waals surface area (Å²) < 4.78 is 0. The van der Waals surface area contributed by atoms with Crippen LogP contribution in [0, 0.1) is 11.8 Å². The highest BCUT2D eigenvalue weighted by Crippen LogP contribution is 2.41. The third kappa shape index (κ3) is 2.75. The van der Waals surface area contributed by atoms with E-state index in [1.54, 1.807) is 0 Å². The maximum Gasteiger partial charge on any atom is 0.0426 e. The Labute approximate surface area is 120 Å². The van der Waals surface area contributed by atoms with Crippen LogP contribution in [0.5, 0.6) is 0 Å². The molecule has 3 atom stereocenters. The molecule has 2 N–H and O–H groups in total. The number of nitrogens with two attached hydrogens (primary N) is 1. The number of nitrogens with zero attached hydrogens (tertiary/aromatic N) is 1. The molecule has 0 radical (unpaired) electrons. The molecule has 1 heterocycles. The molecule has 3 heteroatoms. The van der Waals surface area contributed by atoms with Gasteiger partial charge in [-0.15, -0.1) is 0 Å². The van der Waals surface area contributed by atoms with Gasteiger partial charge >= 0.3 is 0 Å². The Kier molecular flexibility index (Phi) is 3.72. The zero-order valence-corrected chi connectivity index (χ0v) is 12.4. The van der Waals surface area contributed by atoms with Crippen LogP contribution in [0.3, 0.4) is 0 Å². The van der Waals surface area contributed by atoms with Gasteiger partial charge in [-0.1, -0.05) is 24.1 Å². The van der Waals surface area contributed by atoms with Gasteiger partial charge in [0.05, 0.1) is 0 Å². The molecule has 19 heavy (non-hydrogen) atoms. The van der Waals surface area contributed by atoms with Crippen LogP contribution in [0.25, 0.3) is 0 Å². The second kappa shape index (κ2) is 5.34. The van der Waals surface area contributed by atoms with Gasteiger partial charge in [-0.05, 0) is 55.7 Å². The Morgan fingerprint density at radius 1 is 1.32 bits per heavy atom. The summed E-state index contributed by atoms with van der Waals surface area (Å²) in [7, 11) is 0. The normalized spacial score (nSPS) is 27.6. The van der Waals surface area contributed by atoms with Crippen LogP contribution in [0.15, 0.2) is 18.2 Å². The highest BCUT2D eigenvalue weighted by atomic mass is 35.5. The lowest BCUT2D eigenvalue weighted by Gasteiger charge is -2.24. The van der Waals surface area contributed by atoms with Crippen molar-refractivity contribution >= 4 is 17.3 Å². The Morgan fingerprint density at radius 2 is 2.00 bits per heavy atom. The predicted molar refractivity (Wildman–Crippen MR) is 81.8 cm³/mol. The van der Waals surface area contributed by atoms with Gasteiger partial charge in [-0.3, -0.25) is 0 Å². The largest absolute Gasteiger partial charge is 0.371 e. The van der Waals surface area contributed by atoms with Crippen LogP contribution in [0.2, 0.25) is 5.02 Å². The van der Waals surface area contributed by atoms with Crippen LogP contribution < -0.4 is 10.6 Å². The van der Waals surface area contributed by atoms with Gasteiger partial charge in [0.2, 0.25) is 0 Å². The molecule has 3 unspecified atom stereocenters. The number of halogens is 1. The van der Waals surface area contributed by atoms with Crippen molar-refractivity contribution in [2.24, 2.45) is 17.6 Å². The highest BCUT2D eigenvalue weighted by molar-refractivity contribution is 6.30. The molecule has 2 nitrogen and oxygen atoms in total. The minimum Gasteiger partial charge on any atom is -0.371 e. The third-order valence-electron chi connectivity index (χ3n) is 4.66. The van der Waals surface area contributed by atoms with Gasteiger partial charge < -0.3 is 10.6 Å². The molecule has 0 amide bonds. The Bertz CT molecular complexity index is 446. The molecule has 0 bridgehead atoms. The van der Waals surface area contributed by atoms with Crippen LogP contribution in [-0.4, -0.2) is 19.1 Å². The first kappa shape index (κ1) is 13.3. The fourth-order valence-electron chi connectivity index (χ4n) is 3.78. The molecule has 1 saturated carbocycles. The molecule has 104 valence electrons. The minimum absolute atomic E-state index is 0.196. The lowest BCUT2D eigenvalue weighted by atomic mass is 10.0. The minimum atomic E-state index is 0.196. The van der Waals surface area contributed by atoms with Crippen LogP contribution in [0.4, 0.5) is 5.69 Å². The number of hydrogen-bond acceptors (Lipinski definition) is 2. The number of benzene rings is 1. The Hall–Kier alpha value is -0.730. The fourth-order valence-corrected chi connectivity index (χ4v) is 3.95. The molecular weight excluding hydrogens is 256 g/mol. The first-order chi connectivity index (χ1) is 9.13. The molecule has 3 rings (SSSR count). The number of anilines is 1. The number of rotatable bonds is 3. The summed E-state index contributed by atoms with van der Waals surface area (Å²) in [5, 5.41) is 0.834. The fraction of sp³-hybridized carbons (Fsp3) is 0.625. The lowest BCUT2D eigenvalue weighted by molar-refractivity contribution is 0.494. The average molecular weight is 279 g/mol. The van der Waals surface area contributed by atoms with E-state index in [1.807, 2.05) is 6.07 Å². The summed E-state index contributed by atoms with van der Waals surface area (Å²) in [5.41, 5.74) is 8.64. The van der Waals surface area contributed by atoms with Crippen molar-refractivity contribution in [2.75, 3.05) is 18.0 Å². The Morgan fingerprint density at radius 3 is 2.63 bits per heavy atom. The molecule has 0 spiro atoms. The number of fused-ring (bicyclic) bond motifs is 1. The topological polar surface area (TPSA) is 29.3 Å². The van der Waals surface area contributed by atoms with Crippen LogP contribution in [-0.2, 0) is 6.42 Å². The first-order valence-electron chi connectivity index (χ1n) is 7.42. The van der Waals surface area contributed by atoms with Crippen molar-refractivity contribution in [2.45, 2.75) is 38.6 Å². The van der Waals surface area contributed by atoms with Crippen molar-refractivity contribution in [3.05, 3.63) is 28.8 Å². The van der Waals surface area contributed by atoms with Crippen molar-refractivity contribution < 1.29 is 0 Å². The van der Waals surface area contributed by atoms with E-state index in [9.17, 15) is 0 Å². The summed E-state index contributed by atoms with van der Waals surface area (Å²) in [5.74, 6) is 1.81. The van der Waals surface area contributed by atoms with Gasteiger partial charge in [0.1, 0.15) is 0 Å². The van der Waals surface area contributed by atoms with Gasteiger partial charge in [-0.2, -0.15) is 0 Å². The molecule has 0 aromatic heterocycles. The molecule has 1 aliphatic heterocycles. The predicted octanol–water partition coefficient (Wildman–Crippen LogP) is 3.47. The third-order valence-corrected chi connectivity index (χ3v) is 4.89. The Balaban J connectivity index is 1.84. The second-order valence-electron chi connectivity index (χ2n) is 6.31. The SMILES string of the molecule is CC(N)Cc1ccc(Cl)cc1N1CC2CCCC2C1. The van der Waals surface area contributed by atoms with E-state index >= 15 is 0 Å². The van der Waals surface area contributed by atoms with E-state index in [0.29, 0.717) is 0 Å². The van der Waals surface area contributed by atoms with Gasteiger partial charge in [-0.25, -0.2) is 0 Å². The smallest absolute Gasteiger partial charge is 0.0426 e. The quantitative estimate of drug-likeness (QED) is 0.917. The molecule has 1 aromatic rings. The molecule has 1 saturated heterocycles. The highest BCUT2D eigenvalue weighted by Gasteiger charge is 2.36. The summed E-state index contributed by atoms with van der Waals surface area (Å²) in [6.45, 7) is 4.48. The molecule has 1 aliphatic carbocycles. The zero-order chi connectivity index (χ0) is 13.4. The maximum absolute atomic E-state index is 6.19. The molecular formula is C16H23ClN2. The summed E-state index contributed by atoms with van der Waals surface area (Å²) in [6.07, 6.45) is 5.17. The zero-order valence-electron chi connectivity index (χ0n) is 11.6. The van der Waals surface area contributed by atoms with Crippen molar-refractivity contribution in [1.29, 1.82) is 0 Å². The lowest BCUT2D eigenvalue weighted by Crippen LogP contribution is -2.24. The van der Waals surface area contributed by atoms with Crippen LogP contribution in [0.1, 0.15) is 31.7 Å². The number of hydrogen-bond donors (Lipinski definition) is 1. The van der Waals surface area contributed by atoms with E-state index in [0.717, 1.165) is 23.3 Å². The van der Waals surface area contributed by atoms with E-state index < -0.39 is 0 Å². The average Bonchev–Trinajstić information content (AvgIpc) is 2.91. The summed E-state index contributed by atoms with van der Waals surface area (Å²) >= 11 is 6.19. The van der Waals surface area contributed by atoms with Gasteiger partial charge in [0.25, 0.3) is 0 Å². The second-order valence-corrected chi connectivity index (χ2v) is 6.75. The maximum atomic E-state index is 6.19. The molecule has 1 aromatic carbocycles. The summed E-state index contributed by atoms with van der Waals surface area (Å²) in [4.78, 5) is 2.54. The van der Waals surface area contributed by atoms with Crippen molar-refractivity contribution in [3.8, 4) is 0 Å². The first-order valence-corrected chi connectivity index (χ1v) is 7.80. The van der Waals surface area contributed by atoms with Crippen molar-refractivity contribution in [1.82, 2.24) is 0 Å². The van der Waals surface area contributed by atoms with E-state index in [1.165, 1.54) is 43.6 Å². The molecule has 2 aliphatic rings. The van der Waals surface area contributed by atoms with Gasteiger partial charge in [0.15, 0.2) is 0 Å². The summed E-state index contributed by atoms with van der Waals surface area (Å²) in [6, 6.07) is 6.46. The van der Waals surface area contributed by atoms with E-state index in [-0.39, 0.29) is 6.04 Å². The van der Waals surface area contributed by atoms with E-state index in [4.69, 9.17) is 17.3 Å². The monoisotopic (exact) mass is 278 g/mol. The van der Waals surface area contributed by atoms with Crippen molar-refractivity contribution in [3.63, 3.8) is 0 Å². The molecule has 2 fully saturated rings.